The first kappa shape index (κ1) is 20.2. The number of halogens is 2. The molecule has 2 rings (SSSR count). The van der Waals surface area contributed by atoms with Crippen LogP contribution in [0.25, 0.3) is 0 Å². The van der Waals surface area contributed by atoms with Gasteiger partial charge in [-0.05, 0) is 48.5 Å². The monoisotopic (exact) mass is 415 g/mol. The van der Waals surface area contributed by atoms with E-state index in [4.69, 9.17) is 23.2 Å². The van der Waals surface area contributed by atoms with Crippen LogP contribution < -0.4 is 10.9 Å². The van der Waals surface area contributed by atoms with Crippen LogP contribution in [-0.4, -0.2) is 38.1 Å². The molecule has 0 radical (unpaired) electrons. The van der Waals surface area contributed by atoms with Gasteiger partial charge in [-0.3, -0.25) is 20.4 Å². The highest BCUT2D eigenvalue weighted by atomic mass is 35.5. The first-order valence-corrected chi connectivity index (χ1v) is 9.46. The van der Waals surface area contributed by atoms with Crippen LogP contribution in [0.2, 0.25) is 10.0 Å². The average Bonchev–Trinajstić information content (AvgIpc) is 2.60. The van der Waals surface area contributed by atoms with Crippen molar-refractivity contribution in [2.75, 3.05) is 13.6 Å². The molecule has 0 aliphatic carbocycles. The van der Waals surface area contributed by atoms with E-state index in [1.807, 2.05) is 0 Å². The molecule has 138 valence electrons. The second kappa shape index (κ2) is 8.50. The van der Waals surface area contributed by atoms with Crippen LogP contribution >= 0.6 is 23.2 Å². The standard InChI is InChI=1S/C16H15Cl2N3O4S/c1-21(26(24,25)14-8-6-13(18)7-9-14)10-15(22)19-20-16(23)11-2-4-12(17)5-3-11/h2-9H,10H2,1H3,(H,19,22)(H,20,23). The molecule has 0 saturated carbocycles. The minimum atomic E-state index is -3.86. The van der Waals surface area contributed by atoms with Crippen molar-refractivity contribution >= 4 is 45.0 Å². The molecule has 0 aliphatic heterocycles. The third-order valence-electron chi connectivity index (χ3n) is 3.31. The Morgan fingerprint density at radius 2 is 1.42 bits per heavy atom. The lowest BCUT2D eigenvalue weighted by Crippen LogP contribution is -2.46. The Hall–Kier alpha value is -2.13. The summed E-state index contributed by atoms with van der Waals surface area (Å²) >= 11 is 11.5. The van der Waals surface area contributed by atoms with Crippen LogP contribution in [0.1, 0.15) is 10.4 Å². The molecule has 0 aromatic heterocycles. The second-order valence-electron chi connectivity index (χ2n) is 5.22. The predicted octanol–water partition coefficient (Wildman–Crippen LogP) is 2.08. The molecule has 2 amide bonds. The first-order valence-electron chi connectivity index (χ1n) is 7.27. The van der Waals surface area contributed by atoms with Crippen molar-refractivity contribution < 1.29 is 18.0 Å². The van der Waals surface area contributed by atoms with E-state index in [9.17, 15) is 18.0 Å². The van der Waals surface area contributed by atoms with Gasteiger partial charge < -0.3 is 0 Å². The number of amides is 2. The van der Waals surface area contributed by atoms with Gasteiger partial charge in [-0.1, -0.05) is 23.2 Å². The molecule has 2 aromatic carbocycles. The number of hydrogen-bond donors (Lipinski definition) is 2. The molecule has 26 heavy (non-hydrogen) atoms. The maximum atomic E-state index is 12.4. The quantitative estimate of drug-likeness (QED) is 0.730. The summed E-state index contributed by atoms with van der Waals surface area (Å²) in [6.07, 6.45) is 0. The zero-order chi connectivity index (χ0) is 19.3. The zero-order valence-electron chi connectivity index (χ0n) is 13.6. The number of hydrogen-bond acceptors (Lipinski definition) is 4. The Labute approximate surface area is 160 Å². The summed E-state index contributed by atoms with van der Waals surface area (Å²) in [7, 11) is -2.61. The average molecular weight is 416 g/mol. The van der Waals surface area contributed by atoms with Crippen molar-refractivity contribution in [3.05, 3.63) is 64.1 Å². The number of sulfonamides is 1. The van der Waals surface area contributed by atoms with Gasteiger partial charge in [0.25, 0.3) is 11.8 Å². The molecule has 0 aliphatic rings. The molecule has 0 bridgehead atoms. The van der Waals surface area contributed by atoms with Gasteiger partial charge in [-0.15, -0.1) is 0 Å². The van der Waals surface area contributed by atoms with Gasteiger partial charge in [-0.2, -0.15) is 4.31 Å². The lowest BCUT2D eigenvalue weighted by Gasteiger charge is -2.17. The van der Waals surface area contributed by atoms with Gasteiger partial charge in [-0.25, -0.2) is 8.42 Å². The third kappa shape index (κ3) is 5.18. The van der Waals surface area contributed by atoms with E-state index in [0.29, 0.717) is 10.0 Å². The van der Waals surface area contributed by atoms with Gasteiger partial charge >= 0.3 is 0 Å². The molecular formula is C16H15Cl2N3O4S. The van der Waals surface area contributed by atoms with Crippen molar-refractivity contribution in [2.45, 2.75) is 4.90 Å². The number of carbonyl (C=O) groups excluding carboxylic acids is 2. The molecular weight excluding hydrogens is 401 g/mol. The number of carbonyl (C=O) groups is 2. The van der Waals surface area contributed by atoms with Crippen LogP contribution in [0.3, 0.4) is 0 Å². The van der Waals surface area contributed by atoms with Crippen LogP contribution in [0, 0.1) is 0 Å². The molecule has 0 saturated heterocycles. The van der Waals surface area contributed by atoms with Crippen LogP contribution in [0.4, 0.5) is 0 Å². The van der Waals surface area contributed by atoms with E-state index in [0.717, 1.165) is 4.31 Å². The fourth-order valence-electron chi connectivity index (χ4n) is 1.91. The largest absolute Gasteiger partial charge is 0.272 e. The van der Waals surface area contributed by atoms with Gasteiger partial charge in [0.2, 0.25) is 10.0 Å². The third-order valence-corrected chi connectivity index (χ3v) is 5.63. The number of likely N-dealkylation sites (N-methyl/N-ethyl adjacent to an activating group) is 1. The summed E-state index contributed by atoms with van der Waals surface area (Å²) in [5.41, 5.74) is 4.65. The van der Waals surface area contributed by atoms with E-state index in [-0.39, 0.29) is 10.5 Å². The van der Waals surface area contributed by atoms with Crippen LogP contribution in [0.5, 0.6) is 0 Å². The first-order chi connectivity index (χ1) is 12.2. The summed E-state index contributed by atoms with van der Waals surface area (Å²) in [4.78, 5) is 23.8. The molecule has 7 nitrogen and oxygen atoms in total. The lowest BCUT2D eigenvalue weighted by atomic mass is 10.2. The lowest BCUT2D eigenvalue weighted by molar-refractivity contribution is -0.121. The van der Waals surface area contributed by atoms with E-state index in [1.165, 1.54) is 55.6 Å². The van der Waals surface area contributed by atoms with Crippen molar-refractivity contribution in [3.8, 4) is 0 Å². The Bertz CT molecular complexity index is 900. The number of rotatable bonds is 5. The Morgan fingerprint density at radius 3 is 1.96 bits per heavy atom. The van der Waals surface area contributed by atoms with Crippen molar-refractivity contribution in [1.82, 2.24) is 15.2 Å². The fourth-order valence-corrected chi connectivity index (χ4v) is 3.29. The Balaban J connectivity index is 1.93. The van der Waals surface area contributed by atoms with Crippen LogP contribution in [0.15, 0.2) is 53.4 Å². The normalized spacial score (nSPS) is 11.2. The smallest absolute Gasteiger partial charge is 0.269 e. The summed E-state index contributed by atoms with van der Waals surface area (Å²) in [5.74, 6) is -1.26. The van der Waals surface area contributed by atoms with Gasteiger partial charge in [0.05, 0.1) is 11.4 Å². The van der Waals surface area contributed by atoms with Crippen LogP contribution in [-0.2, 0) is 14.8 Å². The fraction of sp³-hybridized carbons (Fsp3) is 0.125. The summed E-state index contributed by atoms with van der Waals surface area (Å²) in [5, 5.41) is 0.869. The predicted molar refractivity (Wildman–Crippen MR) is 98.3 cm³/mol. The molecule has 2 N–H and O–H groups in total. The Kier molecular flexibility index (Phi) is 6.60. The topological polar surface area (TPSA) is 95.6 Å². The highest BCUT2D eigenvalue weighted by molar-refractivity contribution is 7.89. The Morgan fingerprint density at radius 1 is 0.923 bits per heavy atom. The number of nitrogens with one attached hydrogen (secondary N) is 2. The van der Waals surface area contributed by atoms with E-state index >= 15 is 0 Å². The summed E-state index contributed by atoms with van der Waals surface area (Å²) in [6, 6.07) is 11.6. The highest BCUT2D eigenvalue weighted by Gasteiger charge is 2.23. The summed E-state index contributed by atoms with van der Waals surface area (Å²) in [6.45, 7) is -0.480. The van der Waals surface area contributed by atoms with E-state index in [2.05, 4.69) is 10.9 Å². The number of benzene rings is 2. The second-order valence-corrected chi connectivity index (χ2v) is 8.14. The molecule has 0 spiro atoms. The molecule has 0 heterocycles. The molecule has 0 fully saturated rings. The molecule has 10 heteroatoms. The highest BCUT2D eigenvalue weighted by Crippen LogP contribution is 2.17. The summed E-state index contributed by atoms with van der Waals surface area (Å²) < 4.78 is 25.6. The number of hydrazine groups is 1. The van der Waals surface area contributed by atoms with Crippen molar-refractivity contribution in [2.24, 2.45) is 0 Å². The minimum Gasteiger partial charge on any atom is -0.272 e. The van der Waals surface area contributed by atoms with Crippen molar-refractivity contribution in [1.29, 1.82) is 0 Å². The SMILES string of the molecule is CN(CC(=O)NNC(=O)c1ccc(Cl)cc1)S(=O)(=O)c1ccc(Cl)cc1. The zero-order valence-corrected chi connectivity index (χ0v) is 15.9. The maximum Gasteiger partial charge on any atom is 0.269 e. The van der Waals surface area contributed by atoms with E-state index in [1.54, 1.807) is 0 Å². The molecule has 0 atom stereocenters. The van der Waals surface area contributed by atoms with E-state index < -0.39 is 28.4 Å². The number of nitrogens with zero attached hydrogens (tertiary/aromatic N) is 1. The van der Waals surface area contributed by atoms with Gasteiger partial charge in [0, 0.05) is 22.7 Å². The molecule has 0 unspecified atom stereocenters. The minimum absolute atomic E-state index is 0.00222. The van der Waals surface area contributed by atoms with Crippen molar-refractivity contribution in [3.63, 3.8) is 0 Å². The van der Waals surface area contributed by atoms with Gasteiger partial charge in [0.1, 0.15) is 0 Å². The van der Waals surface area contributed by atoms with Gasteiger partial charge in [0.15, 0.2) is 0 Å². The molecule has 2 aromatic rings. The maximum absolute atomic E-state index is 12.4.